The Bertz CT molecular complexity index is 1140. The number of halogens is 1. The minimum atomic E-state index is -0.589. The molecule has 4 rings (SSSR count). The summed E-state index contributed by atoms with van der Waals surface area (Å²) in [5.41, 5.74) is 2.10. The number of amides is 3. The van der Waals surface area contributed by atoms with E-state index in [1.165, 1.54) is 0 Å². The number of benzene rings is 3. The lowest BCUT2D eigenvalue weighted by molar-refractivity contribution is -0.120. The van der Waals surface area contributed by atoms with Crippen LogP contribution in [0, 0.1) is 0 Å². The Kier molecular flexibility index (Phi) is 5.32. The van der Waals surface area contributed by atoms with E-state index in [1.807, 2.05) is 18.2 Å². The van der Waals surface area contributed by atoms with Crippen LogP contribution in [0.1, 0.15) is 10.4 Å². The third-order valence-corrected chi connectivity index (χ3v) is 4.84. The van der Waals surface area contributed by atoms with Crippen molar-refractivity contribution in [3.63, 3.8) is 0 Å². The molecule has 1 aliphatic rings. The summed E-state index contributed by atoms with van der Waals surface area (Å²) in [6.07, 6.45) is 0. The van der Waals surface area contributed by atoms with E-state index >= 15 is 0 Å². The Morgan fingerprint density at radius 2 is 1.33 bits per heavy atom. The molecule has 0 aromatic heterocycles. The van der Waals surface area contributed by atoms with Crippen molar-refractivity contribution >= 4 is 46.4 Å². The van der Waals surface area contributed by atoms with Crippen LogP contribution in [0.2, 0.25) is 0 Å². The van der Waals surface area contributed by atoms with E-state index in [2.05, 4.69) is 10.6 Å². The lowest BCUT2D eigenvalue weighted by atomic mass is 10.2. The third-order valence-electron chi connectivity index (χ3n) is 4.49. The van der Waals surface area contributed by atoms with Crippen LogP contribution in [-0.4, -0.2) is 17.7 Å². The van der Waals surface area contributed by atoms with E-state index in [4.69, 9.17) is 11.6 Å². The van der Waals surface area contributed by atoms with E-state index in [0.29, 0.717) is 22.6 Å². The molecule has 0 fully saturated rings. The van der Waals surface area contributed by atoms with Gasteiger partial charge in [0.05, 0.1) is 5.69 Å². The number of carbonyl (C=O) groups is 3. The molecule has 0 saturated carbocycles. The molecule has 0 aliphatic carbocycles. The zero-order valence-corrected chi connectivity index (χ0v) is 16.4. The van der Waals surface area contributed by atoms with Gasteiger partial charge < -0.3 is 10.6 Å². The van der Waals surface area contributed by atoms with Gasteiger partial charge in [-0.25, -0.2) is 4.90 Å². The highest BCUT2D eigenvalue weighted by atomic mass is 35.5. The fourth-order valence-electron chi connectivity index (χ4n) is 3.00. The Labute approximate surface area is 177 Å². The summed E-state index contributed by atoms with van der Waals surface area (Å²) in [7, 11) is 0. The summed E-state index contributed by atoms with van der Waals surface area (Å²) >= 11 is 6.13. The van der Waals surface area contributed by atoms with Crippen LogP contribution in [0.4, 0.5) is 17.1 Å². The number of hydrogen-bond donors (Lipinski definition) is 2. The van der Waals surface area contributed by atoms with Gasteiger partial charge in [0.1, 0.15) is 10.7 Å². The first-order valence-electron chi connectivity index (χ1n) is 9.11. The maximum absolute atomic E-state index is 12.7. The fourth-order valence-corrected chi connectivity index (χ4v) is 3.21. The van der Waals surface area contributed by atoms with Gasteiger partial charge in [-0.3, -0.25) is 14.4 Å². The molecular weight excluding hydrogens is 402 g/mol. The number of rotatable bonds is 5. The zero-order valence-electron chi connectivity index (χ0n) is 15.6. The molecule has 0 atom stereocenters. The van der Waals surface area contributed by atoms with Gasteiger partial charge in [0.15, 0.2) is 0 Å². The first-order chi connectivity index (χ1) is 14.5. The highest BCUT2D eigenvalue weighted by Gasteiger charge is 2.38. The van der Waals surface area contributed by atoms with Crippen LogP contribution in [0.25, 0.3) is 0 Å². The van der Waals surface area contributed by atoms with Gasteiger partial charge in [0, 0.05) is 16.9 Å². The van der Waals surface area contributed by atoms with Gasteiger partial charge in [-0.15, -0.1) is 0 Å². The van der Waals surface area contributed by atoms with Gasteiger partial charge in [0.2, 0.25) is 0 Å². The Hall–Kier alpha value is -3.90. The average molecular weight is 418 g/mol. The maximum atomic E-state index is 12.7. The minimum absolute atomic E-state index is 0.00740. The Balaban J connectivity index is 1.48. The van der Waals surface area contributed by atoms with Gasteiger partial charge in [0.25, 0.3) is 17.7 Å². The van der Waals surface area contributed by atoms with Crippen LogP contribution in [0.5, 0.6) is 0 Å². The molecule has 1 heterocycles. The molecule has 0 spiro atoms. The summed E-state index contributed by atoms with van der Waals surface area (Å²) in [6, 6.07) is 24.2. The van der Waals surface area contributed by atoms with Crippen molar-refractivity contribution in [3.05, 3.63) is 101 Å². The molecule has 148 valence electrons. The minimum Gasteiger partial charge on any atom is -0.350 e. The molecule has 6 nitrogen and oxygen atoms in total. The fraction of sp³-hybridized carbons (Fsp3) is 0. The molecule has 7 heteroatoms. The van der Waals surface area contributed by atoms with E-state index in [-0.39, 0.29) is 16.6 Å². The van der Waals surface area contributed by atoms with E-state index in [1.54, 1.807) is 66.7 Å². The van der Waals surface area contributed by atoms with Crippen molar-refractivity contribution in [1.82, 2.24) is 0 Å². The molecule has 30 heavy (non-hydrogen) atoms. The summed E-state index contributed by atoms with van der Waals surface area (Å²) in [4.78, 5) is 38.6. The number of nitrogens with one attached hydrogen (secondary N) is 2. The van der Waals surface area contributed by atoms with Gasteiger partial charge in [-0.2, -0.15) is 0 Å². The number of anilines is 3. The predicted molar refractivity (Wildman–Crippen MR) is 116 cm³/mol. The van der Waals surface area contributed by atoms with Crippen LogP contribution in [0.15, 0.2) is 95.7 Å². The largest absolute Gasteiger partial charge is 0.350 e. The highest BCUT2D eigenvalue weighted by molar-refractivity contribution is 6.53. The smallest absolute Gasteiger partial charge is 0.283 e. The molecule has 0 bridgehead atoms. The van der Waals surface area contributed by atoms with Crippen LogP contribution < -0.4 is 15.5 Å². The standard InChI is InChI=1S/C23H16ClN3O3/c24-19-20(23(30)27(22(19)29)18-9-5-2-6-10-18)25-17-13-11-15(12-14-17)21(28)26-16-7-3-1-4-8-16/h1-14,25H,(H,26,28). The molecule has 0 saturated heterocycles. The summed E-state index contributed by atoms with van der Waals surface area (Å²) in [5.74, 6) is -1.39. The molecule has 3 aromatic rings. The van der Waals surface area contributed by atoms with Crippen molar-refractivity contribution in [1.29, 1.82) is 0 Å². The van der Waals surface area contributed by atoms with Gasteiger partial charge in [-0.05, 0) is 48.5 Å². The van der Waals surface area contributed by atoms with E-state index in [9.17, 15) is 14.4 Å². The summed E-state index contributed by atoms with van der Waals surface area (Å²) in [5, 5.41) is 5.50. The number of carbonyl (C=O) groups excluding carboxylic acids is 3. The van der Waals surface area contributed by atoms with E-state index < -0.39 is 11.8 Å². The van der Waals surface area contributed by atoms with Crippen LogP contribution >= 0.6 is 11.6 Å². The van der Waals surface area contributed by atoms with Crippen molar-refractivity contribution in [2.75, 3.05) is 15.5 Å². The molecule has 3 aromatic carbocycles. The zero-order chi connectivity index (χ0) is 21.1. The molecule has 1 aliphatic heterocycles. The molecular formula is C23H16ClN3O3. The normalized spacial score (nSPS) is 13.6. The molecule has 2 N–H and O–H groups in total. The van der Waals surface area contributed by atoms with Gasteiger partial charge >= 0.3 is 0 Å². The predicted octanol–water partition coefficient (Wildman–Crippen LogP) is 4.37. The number of nitrogens with zero attached hydrogens (tertiary/aromatic N) is 1. The second-order valence-corrected chi connectivity index (χ2v) is 6.87. The first kappa shape index (κ1) is 19.4. The Morgan fingerprint density at radius 3 is 1.97 bits per heavy atom. The molecule has 0 radical (unpaired) electrons. The quantitative estimate of drug-likeness (QED) is 0.604. The number of hydrogen-bond acceptors (Lipinski definition) is 4. The second kappa shape index (κ2) is 8.23. The lowest BCUT2D eigenvalue weighted by Crippen LogP contribution is -2.32. The van der Waals surface area contributed by atoms with E-state index in [0.717, 1.165) is 4.90 Å². The monoisotopic (exact) mass is 417 g/mol. The topological polar surface area (TPSA) is 78.5 Å². The maximum Gasteiger partial charge on any atom is 0.283 e. The van der Waals surface area contributed by atoms with Crippen molar-refractivity contribution in [3.8, 4) is 0 Å². The van der Waals surface area contributed by atoms with Crippen LogP contribution in [-0.2, 0) is 9.59 Å². The summed E-state index contributed by atoms with van der Waals surface area (Å²) in [6.45, 7) is 0. The second-order valence-electron chi connectivity index (χ2n) is 6.49. The number of imide groups is 1. The first-order valence-corrected chi connectivity index (χ1v) is 9.49. The lowest BCUT2D eigenvalue weighted by Gasteiger charge is -2.15. The SMILES string of the molecule is O=C(Nc1ccccc1)c1ccc(NC2=C(Cl)C(=O)N(c3ccccc3)C2=O)cc1. The average Bonchev–Trinajstić information content (AvgIpc) is 2.98. The highest BCUT2D eigenvalue weighted by Crippen LogP contribution is 2.30. The Morgan fingerprint density at radius 1 is 0.733 bits per heavy atom. The third kappa shape index (κ3) is 3.81. The number of para-hydroxylation sites is 2. The van der Waals surface area contributed by atoms with Crippen molar-refractivity contribution in [2.45, 2.75) is 0 Å². The van der Waals surface area contributed by atoms with Crippen LogP contribution in [0.3, 0.4) is 0 Å². The molecule has 3 amide bonds. The molecule has 0 unspecified atom stereocenters. The van der Waals surface area contributed by atoms with Crippen molar-refractivity contribution < 1.29 is 14.4 Å². The van der Waals surface area contributed by atoms with Crippen molar-refractivity contribution in [2.24, 2.45) is 0 Å². The van der Waals surface area contributed by atoms with Gasteiger partial charge in [-0.1, -0.05) is 48.0 Å². The summed E-state index contributed by atoms with van der Waals surface area (Å²) < 4.78 is 0.